The second kappa shape index (κ2) is 8.48. The van der Waals surface area contributed by atoms with Crippen LogP contribution in [-0.4, -0.2) is 62.1 Å². The van der Waals surface area contributed by atoms with Gasteiger partial charge in [-0.1, -0.05) is 6.92 Å². The van der Waals surface area contributed by atoms with Gasteiger partial charge in [0.25, 0.3) is 0 Å². The molecule has 0 radical (unpaired) electrons. The molecule has 1 aromatic rings. The molecular formula is C19H30N2O5S. The normalized spacial score (nSPS) is 16.4. The molecule has 1 aliphatic rings. The highest BCUT2D eigenvalue weighted by Gasteiger charge is 2.34. The molecule has 8 heteroatoms. The van der Waals surface area contributed by atoms with Crippen LogP contribution in [0.15, 0.2) is 29.2 Å². The highest BCUT2D eigenvalue weighted by Crippen LogP contribution is 2.26. The minimum atomic E-state index is -3.60. The van der Waals surface area contributed by atoms with Crippen molar-refractivity contribution in [2.75, 3.05) is 26.7 Å². The van der Waals surface area contributed by atoms with Gasteiger partial charge in [0.15, 0.2) is 0 Å². The average Bonchev–Trinajstić information content (AvgIpc) is 2.61. The zero-order valence-corrected chi connectivity index (χ0v) is 17.6. The number of nitrogens with zero attached hydrogens (tertiary/aromatic N) is 2. The summed E-state index contributed by atoms with van der Waals surface area (Å²) < 4.78 is 38.1. The van der Waals surface area contributed by atoms with Gasteiger partial charge in [0.05, 0.1) is 12.0 Å². The van der Waals surface area contributed by atoms with E-state index in [4.69, 9.17) is 9.47 Å². The number of piperidine rings is 1. The zero-order chi connectivity index (χ0) is 20.2. The van der Waals surface area contributed by atoms with Gasteiger partial charge in [-0.2, -0.15) is 4.31 Å². The molecule has 2 rings (SSSR count). The molecule has 0 atom stereocenters. The van der Waals surface area contributed by atoms with Gasteiger partial charge in [0, 0.05) is 25.7 Å². The van der Waals surface area contributed by atoms with Crippen LogP contribution in [0.1, 0.15) is 40.5 Å². The third kappa shape index (κ3) is 5.35. The highest BCUT2D eigenvalue weighted by atomic mass is 32.2. The second-order valence-corrected chi connectivity index (χ2v) is 9.47. The van der Waals surface area contributed by atoms with E-state index < -0.39 is 15.6 Å². The maximum absolute atomic E-state index is 13.0. The molecule has 7 nitrogen and oxygen atoms in total. The van der Waals surface area contributed by atoms with Gasteiger partial charge in [0.2, 0.25) is 10.0 Å². The van der Waals surface area contributed by atoms with Gasteiger partial charge in [-0.25, -0.2) is 13.2 Å². The van der Waals surface area contributed by atoms with Crippen molar-refractivity contribution >= 4 is 16.1 Å². The number of sulfonamides is 1. The minimum absolute atomic E-state index is 0.138. The molecule has 152 valence electrons. The molecule has 1 saturated heterocycles. The van der Waals surface area contributed by atoms with Crippen LogP contribution >= 0.6 is 0 Å². The van der Waals surface area contributed by atoms with Gasteiger partial charge in [-0.15, -0.1) is 0 Å². The topological polar surface area (TPSA) is 76.2 Å². The number of amides is 1. The fourth-order valence-corrected chi connectivity index (χ4v) is 4.86. The number of methoxy groups -OCH3 is 1. The maximum atomic E-state index is 13.0. The van der Waals surface area contributed by atoms with Crippen molar-refractivity contribution in [3.8, 4) is 5.75 Å². The second-order valence-electron chi connectivity index (χ2n) is 7.58. The number of hydrogen-bond donors (Lipinski definition) is 0. The summed E-state index contributed by atoms with van der Waals surface area (Å²) in [5.74, 6) is 0.614. The minimum Gasteiger partial charge on any atom is -0.497 e. The summed E-state index contributed by atoms with van der Waals surface area (Å²) in [5.41, 5.74) is -0.541. The fraction of sp³-hybridized carbons (Fsp3) is 0.632. The molecule has 1 amide bonds. The average molecular weight is 399 g/mol. The summed E-state index contributed by atoms with van der Waals surface area (Å²) in [5, 5.41) is 0. The number of likely N-dealkylation sites (tertiary alicyclic amines) is 1. The van der Waals surface area contributed by atoms with Crippen molar-refractivity contribution in [3.63, 3.8) is 0 Å². The van der Waals surface area contributed by atoms with Crippen molar-refractivity contribution < 1.29 is 22.7 Å². The summed E-state index contributed by atoms with van der Waals surface area (Å²) >= 11 is 0. The van der Waals surface area contributed by atoms with Gasteiger partial charge < -0.3 is 14.4 Å². The predicted molar refractivity (Wildman–Crippen MR) is 103 cm³/mol. The van der Waals surface area contributed by atoms with Crippen LogP contribution in [0.2, 0.25) is 0 Å². The summed E-state index contributed by atoms with van der Waals surface area (Å²) in [4.78, 5) is 14.1. The number of benzene rings is 1. The van der Waals surface area contributed by atoms with E-state index >= 15 is 0 Å². The SMILES string of the molecule is CCN(C1CCN(C(=O)OC(C)(C)C)CC1)S(=O)(=O)c1ccc(OC)cc1. The summed E-state index contributed by atoms with van der Waals surface area (Å²) in [6.45, 7) is 8.67. The van der Waals surface area contributed by atoms with Crippen LogP contribution < -0.4 is 4.74 Å². The number of ether oxygens (including phenoxy) is 2. The lowest BCUT2D eigenvalue weighted by Gasteiger charge is -2.37. The van der Waals surface area contributed by atoms with E-state index in [9.17, 15) is 13.2 Å². The van der Waals surface area contributed by atoms with Crippen molar-refractivity contribution in [2.24, 2.45) is 0 Å². The molecule has 0 bridgehead atoms. The Hall–Kier alpha value is -1.80. The standard InChI is InChI=1S/C19H30N2O5S/c1-6-21(27(23,24)17-9-7-16(25-5)8-10-17)15-11-13-20(14-12-15)18(22)26-19(2,3)4/h7-10,15H,6,11-14H2,1-5H3. The number of hydrogen-bond acceptors (Lipinski definition) is 5. The molecule has 0 aromatic heterocycles. The molecule has 0 N–H and O–H groups in total. The van der Waals surface area contributed by atoms with Crippen LogP contribution in [0.25, 0.3) is 0 Å². The van der Waals surface area contributed by atoms with Crippen molar-refractivity contribution in [3.05, 3.63) is 24.3 Å². The van der Waals surface area contributed by atoms with Crippen LogP contribution in [0.3, 0.4) is 0 Å². The van der Waals surface area contributed by atoms with Crippen LogP contribution in [0, 0.1) is 0 Å². The third-order valence-corrected chi connectivity index (χ3v) is 6.54. The fourth-order valence-electron chi connectivity index (χ4n) is 3.17. The monoisotopic (exact) mass is 398 g/mol. The van der Waals surface area contributed by atoms with Crippen LogP contribution in [-0.2, 0) is 14.8 Å². The van der Waals surface area contributed by atoms with Gasteiger partial charge in [-0.3, -0.25) is 0 Å². The Balaban J connectivity index is 2.07. The number of carbonyl (C=O) groups is 1. The Morgan fingerprint density at radius 1 is 1.19 bits per heavy atom. The van der Waals surface area contributed by atoms with Crippen LogP contribution in [0.4, 0.5) is 4.79 Å². The zero-order valence-electron chi connectivity index (χ0n) is 16.8. The van der Waals surface area contributed by atoms with E-state index in [0.29, 0.717) is 38.2 Å². The Bertz CT molecular complexity index is 732. The third-order valence-electron chi connectivity index (χ3n) is 4.50. The number of rotatable bonds is 5. The molecule has 1 heterocycles. The molecule has 0 unspecified atom stereocenters. The molecule has 0 aliphatic carbocycles. The first-order valence-corrected chi connectivity index (χ1v) is 10.7. The predicted octanol–water partition coefficient (Wildman–Crippen LogP) is 3.11. The first kappa shape index (κ1) is 21.5. The molecule has 0 saturated carbocycles. The van der Waals surface area contributed by atoms with E-state index in [-0.39, 0.29) is 17.0 Å². The Morgan fingerprint density at radius 2 is 1.74 bits per heavy atom. The summed E-state index contributed by atoms with van der Waals surface area (Å²) in [6.07, 6.45) is 0.826. The molecule has 1 fully saturated rings. The van der Waals surface area contributed by atoms with Gasteiger partial charge in [0.1, 0.15) is 11.4 Å². The smallest absolute Gasteiger partial charge is 0.410 e. The van der Waals surface area contributed by atoms with E-state index in [0.717, 1.165) is 0 Å². The van der Waals surface area contributed by atoms with E-state index in [1.807, 2.05) is 27.7 Å². The molecule has 1 aliphatic heterocycles. The van der Waals surface area contributed by atoms with E-state index in [1.165, 1.54) is 4.31 Å². The molecule has 1 aromatic carbocycles. The van der Waals surface area contributed by atoms with Gasteiger partial charge >= 0.3 is 6.09 Å². The lowest BCUT2D eigenvalue weighted by atomic mass is 10.1. The first-order valence-electron chi connectivity index (χ1n) is 9.22. The van der Waals surface area contributed by atoms with Gasteiger partial charge in [-0.05, 0) is 57.9 Å². The number of carbonyl (C=O) groups excluding carboxylic acids is 1. The van der Waals surface area contributed by atoms with Crippen molar-refractivity contribution in [2.45, 2.75) is 57.1 Å². The largest absolute Gasteiger partial charge is 0.497 e. The van der Waals surface area contributed by atoms with E-state index in [1.54, 1.807) is 36.3 Å². The van der Waals surface area contributed by atoms with E-state index in [2.05, 4.69) is 0 Å². The lowest BCUT2D eigenvalue weighted by molar-refractivity contribution is 0.0179. The molecule has 27 heavy (non-hydrogen) atoms. The highest BCUT2D eigenvalue weighted by molar-refractivity contribution is 7.89. The van der Waals surface area contributed by atoms with Crippen LogP contribution in [0.5, 0.6) is 5.75 Å². The quantitative estimate of drug-likeness (QED) is 0.762. The van der Waals surface area contributed by atoms with Crippen molar-refractivity contribution in [1.82, 2.24) is 9.21 Å². The molecule has 0 spiro atoms. The Morgan fingerprint density at radius 3 is 2.19 bits per heavy atom. The Labute approximate surface area is 162 Å². The Kier molecular flexibility index (Phi) is 6.75. The maximum Gasteiger partial charge on any atom is 0.410 e. The lowest BCUT2D eigenvalue weighted by Crippen LogP contribution is -2.49. The first-order chi connectivity index (χ1) is 12.6. The molecular weight excluding hydrogens is 368 g/mol. The van der Waals surface area contributed by atoms with Crippen molar-refractivity contribution in [1.29, 1.82) is 0 Å². The summed E-state index contributed by atoms with van der Waals surface area (Å²) in [7, 11) is -2.06. The summed E-state index contributed by atoms with van der Waals surface area (Å²) in [6, 6.07) is 6.28.